The fourth-order valence-electron chi connectivity index (χ4n) is 4.31. The minimum Gasteiger partial charge on any atom is -0.406 e. The summed E-state index contributed by atoms with van der Waals surface area (Å²) in [4.78, 5) is 15.8. The highest BCUT2D eigenvalue weighted by atomic mass is 19.4. The molecule has 14 heteroatoms. The molecule has 1 aliphatic heterocycles. The summed E-state index contributed by atoms with van der Waals surface area (Å²) >= 11 is 0. The Bertz CT molecular complexity index is 1210. The Morgan fingerprint density at radius 3 is 2.17 bits per heavy atom. The van der Waals surface area contributed by atoms with Gasteiger partial charge in [-0.15, -0.1) is 18.3 Å². The Labute approximate surface area is 229 Å². The topological polar surface area (TPSA) is 98.6 Å². The van der Waals surface area contributed by atoms with Crippen molar-refractivity contribution in [2.45, 2.75) is 50.6 Å². The highest BCUT2D eigenvalue weighted by molar-refractivity contribution is 5.55. The molecular weight excluding hydrogens is 537 g/mol. The molecule has 0 amide bonds. The summed E-state index contributed by atoms with van der Waals surface area (Å²) in [5.74, 6) is 0.128. The molecule has 4 rings (SSSR count). The van der Waals surface area contributed by atoms with E-state index in [2.05, 4.69) is 14.8 Å². The average Bonchev–Trinajstić information content (AvgIpc) is 3.42. The van der Waals surface area contributed by atoms with Gasteiger partial charge in [0.15, 0.2) is 5.82 Å². The van der Waals surface area contributed by atoms with Crippen molar-refractivity contribution in [3.8, 4) is 22.8 Å². The van der Waals surface area contributed by atoms with Crippen LogP contribution in [0.5, 0.6) is 5.75 Å². The molecule has 5 atom stereocenters. The molecule has 0 saturated carbocycles. The molecule has 11 nitrogen and oxygen atoms in total. The number of hydrogen-bond donors (Lipinski definition) is 0. The smallest absolute Gasteiger partial charge is 0.406 e. The van der Waals surface area contributed by atoms with E-state index in [1.165, 1.54) is 40.5 Å². The van der Waals surface area contributed by atoms with Crippen LogP contribution in [0.4, 0.5) is 13.2 Å². The van der Waals surface area contributed by atoms with Crippen LogP contribution in [0.25, 0.3) is 17.1 Å². The predicted octanol–water partition coefficient (Wildman–Crippen LogP) is 3.92. The van der Waals surface area contributed by atoms with E-state index in [9.17, 15) is 13.2 Å². The second-order valence-electron chi connectivity index (χ2n) is 8.88. The van der Waals surface area contributed by atoms with Gasteiger partial charge in [-0.3, -0.25) is 4.84 Å². The van der Waals surface area contributed by atoms with Crippen LogP contribution in [-0.2, 0) is 35.2 Å². The molecule has 2 aromatic carbocycles. The van der Waals surface area contributed by atoms with Gasteiger partial charge in [0.25, 0.3) is 0 Å². The zero-order valence-corrected chi connectivity index (χ0v) is 22.6. The maximum Gasteiger partial charge on any atom is 0.573 e. The van der Waals surface area contributed by atoms with E-state index in [-0.39, 0.29) is 24.6 Å². The number of rotatable bonds is 11. The van der Waals surface area contributed by atoms with E-state index < -0.39 is 24.9 Å². The zero-order chi connectivity index (χ0) is 28.9. The molecule has 0 unspecified atom stereocenters. The van der Waals surface area contributed by atoms with Crippen LogP contribution in [0.15, 0.2) is 54.9 Å². The number of benzene rings is 2. The van der Waals surface area contributed by atoms with Crippen molar-refractivity contribution in [3.05, 3.63) is 60.4 Å². The van der Waals surface area contributed by atoms with Crippen molar-refractivity contribution in [3.63, 3.8) is 0 Å². The number of hydrogen-bond acceptors (Lipinski definition) is 10. The standard InChI is InChI=1S/C26H31F3N4O7/c1-16-21(34-3)22(35-4)23(36-5)25(38-16)40-32(2)37-14-17-6-8-18(9-7-17)24-30-15-33(31-24)19-10-12-20(13-11-19)39-26(27,28)29/h6-13,15-16,21-23,25H,14H2,1-5H3/t16-,21-,22+,23+,25-/m0/s1. The fourth-order valence-corrected chi connectivity index (χ4v) is 4.31. The summed E-state index contributed by atoms with van der Waals surface area (Å²) in [5, 5.41) is 5.62. The van der Waals surface area contributed by atoms with Crippen LogP contribution in [0.2, 0.25) is 0 Å². The lowest BCUT2D eigenvalue weighted by Gasteiger charge is -2.43. The summed E-state index contributed by atoms with van der Waals surface area (Å²) in [7, 11) is 6.32. The number of methoxy groups -OCH3 is 3. The molecule has 1 aliphatic rings. The van der Waals surface area contributed by atoms with Gasteiger partial charge in [0, 0.05) is 33.9 Å². The third-order valence-corrected chi connectivity index (χ3v) is 6.25. The monoisotopic (exact) mass is 568 g/mol. The van der Waals surface area contributed by atoms with E-state index in [1.54, 1.807) is 28.4 Å². The SMILES string of the molecule is CO[C@@H]1[C@@H](OC)[C@H](C)O[C@@H](ON(C)OCc2ccc(-c3ncn(-c4ccc(OC(F)(F)F)cc4)n3)cc2)[C@@H]1OC. The molecular formula is C26H31F3N4O7. The first-order valence-corrected chi connectivity index (χ1v) is 12.3. The molecule has 0 aliphatic carbocycles. The second kappa shape index (κ2) is 13.0. The van der Waals surface area contributed by atoms with Gasteiger partial charge in [-0.25, -0.2) is 14.5 Å². The number of alkyl halides is 3. The van der Waals surface area contributed by atoms with E-state index in [4.69, 9.17) is 28.6 Å². The first kappa shape index (κ1) is 29.9. The number of ether oxygens (including phenoxy) is 5. The van der Waals surface area contributed by atoms with Crippen LogP contribution >= 0.6 is 0 Å². The third-order valence-electron chi connectivity index (χ3n) is 6.25. The molecule has 1 saturated heterocycles. The highest BCUT2D eigenvalue weighted by Gasteiger charge is 2.46. The van der Waals surface area contributed by atoms with Crippen molar-refractivity contribution < 1.29 is 46.5 Å². The largest absolute Gasteiger partial charge is 0.573 e. The summed E-state index contributed by atoms with van der Waals surface area (Å²) in [6.07, 6.45) is -5.62. The first-order valence-electron chi connectivity index (χ1n) is 12.3. The normalized spacial score (nSPS) is 23.5. The van der Waals surface area contributed by atoms with E-state index in [1.807, 2.05) is 31.2 Å². The maximum absolute atomic E-state index is 12.4. The summed E-state index contributed by atoms with van der Waals surface area (Å²) < 4.78 is 65.0. The predicted molar refractivity (Wildman–Crippen MR) is 134 cm³/mol. The third kappa shape index (κ3) is 7.34. The minimum absolute atomic E-state index is 0.208. The lowest BCUT2D eigenvalue weighted by Crippen LogP contribution is -2.60. The van der Waals surface area contributed by atoms with E-state index >= 15 is 0 Å². The highest BCUT2D eigenvalue weighted by Crippen LogP contribution is 2.28. The van der Waals surface area contributed by atoms with Gasteiger partial charge in [0.2, 0.25) is 6.29 Å². The van der Waals surface area contributed by atoms with Gasteiger partial charge >= 0.3 is 6.36 Å². The average molecular weight is 569 g/mol. The van der Waals surface area contributed by atoms with Gasteiger partial charge in [-0.05, 0) is 36.8 Å². The lowest BCUT2D eigenvalue weighted by atomic mass is 9.99. The van der Waals surface area contributed by atoms with Crippen molar-refractivity contribution in [1.82, 2.24) is 20.0 Å². The van der Waals surface area contributed by atoms with Crippen LogP contribution in [0.3, 0.4) is 0 Å². The van der Waals surface area contributed by atoms with Crippen molar-refractivity contribution >= 4 is 0 Å². The van der Waals surface area contributed by atoms with Gasteiger partial charge in [-0.1, -0.05) is 29.5 Å². The van der Waals surface area contributed by atoms with E-state index in [0.29, 0.717) is 11.5 Å². The quantitative estimate of drug-likeness (QED) is 0.317. The molecule has 0 bridgehead atoms. The first-order chi connectivity index (χ1) is 19.1. The van der Waals surface area contributed by atoms with Crippen molar-refractivity contribution in [2.75, 3.05) is 28.4 Å². The minimum atomic E-state index is -4.75. The van der Waals surface area contributed by atoms with E-state index in [0.717, 1.165) is 11.1 Å². The Hall–Kier alpha value is -3.11. The summed E-state index contributed by atoms with van der Waals surface area (Å²) in [5.41, 5.74) is 2.13. The molecule has 218 valence electrons. The molecule has 1 fully saturated rings. The fraction of sp³-hybridized carbons (Fsp3) is 0.462. The Balaban J connectivity index is 1.32. The Kier molecular flexibility index (Phi) is 9.73. The molecule has 0 radical (unpaired) electrons. The van der Waals surface area contributed by atoms with Crippen LogP contribution in [0, 0.1) is 0 Å². The Morgan fingerprint density at radius 1 is 0.925 bits per heavy atom. The summed E-state index contributed by atoms with van der Waals surface area (Å²) in [6, 6.07) is 12.7. The summed E-state index contributed by atoms with van der Waals surface area (Å²) in [6.45, 7) is 2.07. The maximum atomic E-state index is 12.4. The molecule has 0 N–H and O–H groups in total. The number of halogens is 3. The Morgan fingerprint density at radius 2 is 1.57 bits per heavy atom. The molecule has 3 aromatic rings. The number of nitrogens with zero attached hydrogens (tertiary/aromatic N) is 4. The number of aromatic nitrogens is 3. The van der Waals surface area contributed by atoms with Gasteiger partial charge in [-0.2, -0.15) is 0 Å². The molecule has 2 heterocycles. The van der Waals surface area contributed by atoms with Crippen molar-refractivity contribution in [2.24, 2.45) is 0 Å². The second-order valence-corrected chi connectivity index (χ2v) is 8.88. The van der Waals surface area contributed by atoms with Crippen LogP contribution in [-0.4, -0.2) is 85.4 Å². The number of hydroxylamine groups is 2. The molecule has 0 spiro atoms. The molecule has 1 aromatic heterocycles. The van der Waals surface area contributed by atoms with Crippen molar-refractivity contribution in [1.29, 1.82) is 0 Å². The zero-order valence-electron chi connectivity index (χ0n) is 22.6. The lowest BCUT2D eigenvalue weighted by molar-refractivity contribution is -0.443. The van der Waals surface area contributed by atoms with Gasteiger partial charge < -0.3 is 23.7 Å². The van der Waals surface area contributed by atoms with Crippen LogP contribution in [0.1, 0.15) is 12.5 Å². The van der Waals surface area contributed by atoms with Gasteiger partial charge in [0.05, 0.1) is 18.4 Å². The molecule has 40 heavy (non-hydrogen) atoms. The van der Waals surface area contributed by atoms with Gasteiger partial charge in [0.1, 0.15) is 30.4 Å². The van der Waals surface area contributed by atoms with Crippen LogP contribution < -0.4 is 4.74 Å².